The smallest absolute Gasteiger partial charge is 0.194 e. The van der Waals surface area contributed by atoms with E-state index in [4.69, 9.17) is 4.74 Å². The minimum absolute atomic E-state index is 0.314. The van der Waals surface area contributed by atoms with Crippen LogP contribution in [0.4, 0.5) is 13.2 Å². The Hall–Kier alpha value is -1.03. The maximum atomic E-state index is 13.5. The maximum absolute atomic E-state index is 13.5. The zero-order chi connectivity index (χ0) is 22.2. The van der Waals surface area contributed by atoms with Gasteiger partial charge in [-0.15, -0.1) is 0 Å². The Morgan fingerprint density at radius 2 is 1.55 bits per heavy atom. The normalized spacial score (nSPS) is 27.9. The molecule has 1 saturated carbocycles. The third-order valence-corrected chi connectivity index (χ3v) is 7.87. The van der Waals surface area contributed by atoms with Crippen molar-refractivity contribution in [3.8, 4) is 0 Å². The number of hydrogen-bond donors (Lipinski definition) is 0. The monoisotopic (exact) mass is 438 g/mol. The number of rotatable bonds is 10. The van der Waals surface area contributed by atoms with Crippen molar-refractivity contribution < 1.29 is 17.9 Å². The van der Waals surface area contributed by atoms with Crippen LogP contribution in [0.3, 0.4) is 0 Å². The highest BCUT2D eigenvalue weighted by atomic mass is 19.2. The summed E-state index contributed by atoms with van der Waals surface area (Å²) in [4.78, 5) is 0. The first-order valence-corrected chi connectivity index (χ1v) is 12.8. The summed E-state index contributed by atoms with van der Waals surface area (Å²) in [6, 6.07) is 2.26. The van der Waals surface area contributed by atoms with Crippen LogP contribution in [-0.2, 0) is 11.2 Å². The molecule has 1 heterocycles. The third kappa shape index (κ3) is 6.97. The largest absolute Gasteiger partial charge is 0.378 e. The summed E-state index contributed by atoms with van der Waals surface area (Å²) in [5.41, 5.74) is 0.537. The summed E-state index contributed by atoms with van der Waals surface area (Å²) in [5, 5.41) is 0. The minimum Gasteiger partial charge on any atom is -0.378 e. The van der Waals surface area contributed by atoms with Crippen LogP contribution in [0, 0.1) is 41.1 Å². The van der Waals surface area contributed by atoms with Gasteiger partial charge < -0.3 is 4.74 Å². The lowest BCUT2D eigenvalue weighted by atomic mass is 9.72. The molecule has 0 aromatic heterocycles. The molecule has 2 fully saturated rings. The Kier molecular flexibility index (Phi) is 9.74. The molecule has 176 valence electrons. The zero-order valence-corrected chi connectivity index (χ0v) is 19.5. The van der Waals surface area contributed by atoms with Gasteiger partial charge in [0.15, 0.2) is 17.5 Å². The predicted molar refractivity (Wildman–Crippen MR) is 120 cm³/mol. The number of halogens is 3. The topological polar surface area (TPSA) is 9.23 Å². The zero-order valence-electron chi connectivity index (χ0n) is 19.5. The Bertz CT molecular complexity index is 637. The fraction of sp³-hybridized carbons (Fsp3) is 0.778. The van der Waals surface area contributed by atoms with E-state index in [0.717, 1.165) is 68.6 Å². The molecule has 1 aliphatic carbocycles. The predicted octanol–water partition coefficient (Wildman–Crippen LogP) is 8.24. The van der Waals surface area contributed by atoms with Gasteiger partial charge in [-0.2, -0.15) is 0 Å². The second kappa shape index (κ2) is 12.3. The summed E-state index contributed by atoms with van der Waals surface area (Å²) in [5.74, 6) is -0.530. The van der Waals surface area contributed by atoms with E-state index in [1.165, 1.54) is 44.9 Å². The van der Waals surface area contributed by atoms with Crippen LogP contribution in [0.2, 0.25) is 0 Å². The van der Waals surface area contributed by atoms with Crippen molar-refractivity contribution in [2.75, 3.05) is 6.61 Å². The van der Waals surface area contributed by atoms with E-state index in [9.17, 15) is 13.2 Å². The van der Waals surface area contributed by atoms with Gasteiger partial charge in [0.25, 0.3) is 0 Å². The molecule has 2 aliphatic rings. The van der Waals surface area contributed by atoms with Gasteiger partial charge in [0.05, 0.1) is 12.7 Å². The van der Waals surface area contributed by atoms with Crippen LogP contribution >= 0.6 is 0 Å². The van der Waals surface area contributed by atoms with E-state index in [-0.39, 0.29) is 0 Å². The van der Waals surface area contributed by atoms with Gasteiger partial charge in [-0.25, -0.2) is 13.2 Å². The number of hydrogen-bond acceptors (Lipinski definition) is 1. The van der Waals surface area contributed by atoms with Crippen LogP contribution in [0.1, 0.15) is 96.5 Å². The summed E-state index contributed by atoms with van der Waals surface area (Å²) < 4.78 is 46.5. The lowest BCUT2D eigenvalue weighted by molar-refractivity contribution is -0.0686. The molecule has 31 heavy (non-hydrogen) atoms. The van der Waals surface area contributed by atoms with Crippen LogP contribution in [0.15, 0.2) is 12.1 Å². The lowest BCUT2D eigenvalue weighted by Gasteiger charge is -2.40. The van der Waals surface area contributed by atoms with E-state index in [0.29, 0.717) is 24.0 Å². The Balaban J connectivity index is 1.44. The summed E-state index contributed by atoms with van der Waals surface area (Å²) >= 11 is 0. The molecular weight excluding hydrogens is 397 g/mol. The average molecular weight is 439 g/mol. The molecule has 4 heteroatoms. The number of ether oxygens (including phenoxy) is 1. The molecule has 1 nitrogen and oxygen atoms in total. The van der Waals surface area contributed by atoms with Gasteiger partial charge in [-0.1, -0.05) is 46.0 Å². The molecule has 0 N–H and O–H groups in total. The van der Waals surface area contributed by atoms with E-state index in [2.05, 4.69) is 13.8 Å². The van der Waals surface area contributed by atoms with Gasteiger partial charge in [-0.3, -0.25) is 0 Å². The fourth-order valence-electron chi connectivity index (χ4n) is 6.10. The second-order valence-corrected chi connectivity index (χ2v) is 10.1. The standard InChI is InChI=1S/C27H41F3O/c1-3-6-19-10-12-21(13-11-19)23-14-15-26(31-18-23)22(7-4-2)9-5-8-20-16-24(28)27(30)25(29)17-20/h16-17,19,21-23,26H,3-15,18H2,1-2H3. The highest BCUT2D eigenvalue weighted by Gasteiger charge is 2.33. The van der Waals surface area contributed by atoms with E-state index >= 15 is 0 Å². The fourth-order valence-corrected chi connectivity index (χ4v) is 6.10. The summed E-state index contributed by atoms with van der Waals surface area (Å²) in [7, 11) is 0. The van der Waals surface area contributed by atoms with Crippen molar-refractivity contribution in [2.45, 2.75) is 103 Å². The van der Waals surface area contributed by atoms with Crippen LogP contribution in [-0.4, -0.2) is 12.7 Å². The van der Waals surface area contributed by atoms with Gasteiger partial charge in [0.1, 0.15) is 0 Å². The second-order valence-electron chi connectivity index (χ2n) is 10.1. The van der Waals surface area contributed by atoms with E-state index < -0.39 is 17.5 Å². The lowest BCUT2D eigenvalue weighted by Crippen LogP contribution is -2.36. The molecule has 0 radical (unpaired) electrons. The first-order valence-electron chi connectivity index (χ1n) is 12.8. The maximum Gasteiger partial charge on any atom is 0.194 e. The summed E-state index contributed by atoms with van der Waals surface area (Å²) in [6.07, 6.45) is 15.7. The van der Waals surface area contributed by atoms with Gasteiger partial charge in [0.2, 0.25) is 0 Å². The minimum atomic E-state index is -1.38. The van der Waals surface area contributed by atoms with Crippen molar-refractivity contribution in [1.29, 1.82) is 0 Å². The molecule has 0 amide bonds. The molecule has 0 spiro atoms. The van der Waals surface area contributed by atoms with Crippen LogP contribution < -0.4 is 0 Å². The molecule has 1 aromatic carbocycles. The van der Waals surface area contributed by atoms with Crippen molar-refractivity contribution in [3.63, 3.8) is 0 Å². The Morgan fingerprint density at radius 3 is 2.13 bits per heavy atom. The van der Waals surface area contributed by atoms with Crippen molar-refractivity contribution in [1.82, 2.24) is 0 Å². The third-order valence-electron chi connectivity index (χ3n) is 7.87. The number of benzene rings is 1. The first-order chi connectivity index (χ1) is 15.0. The van der Waals surface area contributed by atoms with Crippen molar-refractivity contribution in [2.24, 2.45) is 23.7 Å². The van der Waals surface area contributed by atoms with Gasteiger partial charge in [0, 0.05) is 0 Å². The Morgan fingerprint density at radius 1 is 0.871 bits per heavy atom. The first kappa shape index (κ1) is 24.6. The molecule has 1 aliphatic heterocycles. The van der Waals surface area contributed by atoms with Crippen molar-refractivity contribution >= 4 is 0 Å². The van der Waals surface area contributed by atoms with Crippen LogP contribution in [0.25, 0.3) is 0 Å². The highest BCUT2D eigenvalue weighted by Crippen LogP contribution is 2.40. The Labute approximate surface area is 187 Å². The number of aryl methyl sites for hydroxylation is 1. The molecule has 1 aromatic rings. The molecule has 1 saturated heterocycles. The van der Waals surface area contributed by atoms with Crippen LogP contribution in [0.5, 0.6) is 0 Å². The highest BCUT2D eigenvalue weighted by molar-refractivity contribution is 5.19. The quantitative estimate of drug-likeness (QED) is 0.334. The average Bonchev–Trinajstić information content (AvgIpc) is 2.78. The molecule has 3 rings (SSSR count). The molecule has 0 bridgehead atoms. The van der Waals surface area contributed by atoms with E-state index in [1.807, 2.05) is 0 Å². The van der Waals surface area contributed by atoms with Crippen molar-refractivity contribution in [3.05, 3.63) is 35.1 Å². The SMILES string of the molecule is CCCC1CCC(C2CCC(C(CCC)CCCc3cc(F)c(F)c(F)c3)OC2)CC1. The summed E-state index contributed by atoms with van der Waals surface area (Å²) in [6.45, 7) is 5.41. The molecule has 3 atom stereocenters. The molecular formula is C27H41F3O. The molecule has 3 unspecified atom stereocenters. The van der Waals surface area contributed by atoms with Gasteiger partial charge in [-0.05, 0) is 92.7 Å². The van der Waals surface area contributed by atoms with E-state index in [1.54, 1.807) is 0 Å². The van der Waals surface area contributed by atoms with Gasteiger partial charge >= 0.3 is 0 Å².